The number of benzene rings is 2. The Bertz CT molecular complexity index is 3010. The number of hydrogen-bond donors (Lipinski definition) is 2. The molecule has 2 fully saturated rings. The molecule has 17 nitrogen and oxygen atoms in total. The third-order valence-corrected chi connectivity index (χ3v) is 13.5. The molecule has 2 aliphatic heterocycles. The molecule has 0 spiro atoms. The Kier molecular flexibility index (Phi) is 14.3. The van der Waals surface area contributed by atoms with Crippen molar-refractivity contribution in [1.82, 2.24) is 45.3 Å². The van der Waals surface area contributed by atoms with Crippen LogP contribution >= 0.6 is 46.4 Å². The molecule has 356 valence electrons. The van der Waals surface area contributed by atoms with E-state index in [2.05, 4.69) is 62.4 Å². The van der Waals surface area contributed by atoms with Gasteiger partial charge in [0.05, 0.1) is 70.3 Å². The lowest BCUT2D eigenvalue weighted by Gasteiger charge is -2.40. The van der Waals surface area contributed by atoms with Crippen LogP contribution in [0.25, 0.3) is 44.3 Å². The van der Waals surface area contributed by atoms with Crippen LogP contribution in [0.5, 0.6) is 23.0 Å². The number of ether oxygens (including phenoxy) is 4. The highest BCUT2D eigenvalue weighted by molar-refractivity contribution is 6.36. The number of halogens is 4. The van der Waals surface area contributed by atoms with E-state index < -0.39 is 12.2 Å². The topological polar surface area (TPSA) is 213 Å². The molecule has 2 N–H and O–H groups in total. The van der Waals surface area contributed by atoms with E-state index in [9.17, 15) is 0 Å². The summed E-state index contributed by atoms with van der Waals surface area (Å²) in [5.41, 5.74) is 5.92. The van der Waals surface area contributed by atoms with Crippen LogP contribution in [0.2, 0.25) is 20.1 Å². The molecule has 0 aliphatic carbocycles. The zero-order valence-electron chi connectivity index (χ0n) is 38.1. The van der Waals surface area contributed by atoms with Gasteiger partial charge in [-0.3, -0.25) is 20.2 Å². The molecule has 70 heavy (non-hydrogen) atoms. The van der Waals surface area contributed by atoms with Gasteiger partial charge in [0, 0.05) is 114 Å². The first-order valence-corrected chi connectivity index (χ1v) is 23.6. The van der Waals surface area contributed by atoms with Crippen LogP contribution in [0.1, 0.15) is 62.9 Å². The molecular weight excluding hydrogens is 976 g/mol. The summed E-state index contributed by atoms with van der Waals surface area (Å²) in [7, 11) is 3.16. The van der Waals surface area contributed by atoms with E-state index in [1.54, 1.807) is 32.8 Å². The van der Waals surface area contributed by atoms with E-state index in [0.29, 0.717) is 78.7 Å². The number of hydrogen-bond acceptors (Lipinski definition) is 15. The highest BCUT2D eigenvalue weighted by Gasteiger charge is 2.31. The molecule has 0 unspecified atom stereocenters. The number of aromatic nitrogens is 9. The number of rotatable bonds is 14. The maximum absolute atomic E-state index is 9.00. The first kappa shape index (κ1) is 47.9. The average Bonchev–Trinajstić information content (AvgIpc) is 3.95. The summed E-state index contributed by atoms with van der Waals surface area (Å²) in [4.78, 5) is 25.9. The summed E-state index contributed by atoms with van der Waals surface area (Å²) in [5.74, 6) is 3.61. The Labute approximate surface area is 422 Å². The van der Waals surface area contributed by atoms with Gasteiger partial charge in [-0.25, -0.2) is 15.0 Å². The minimum Gasteiger partial charge on any atom is -0.493 e. The standard InChI is InChI=1S/C25H22Cl2N6O2.C24H21Cl2N7O2/c1-14(24-18(26)12-29-13-19(24)27)35-22-9-17-20(10-21(22)34-2)31-32-25(17)15-3-4-23(30-11-15)33-8-6-16(33)5-7-28;1-13(22-17(25)11-28-12-18(22)26)35-21-7-16-19(8-20(21)34-2)31-32-23(16)14-9-29-24(30-10-14)33-6-4-15(33)3-5-27/h3-4,9-14,16H,5-6,8H2,1-2H3,(H,31,32);7-13,15H,3-4,6H2,1-2H3,(H,31,32)/t14-,16-;13-,15+/m11/s1. The number of nitrogens with one attached hydrogen (secondary N) is 2. The fraction of sp³-hybridized carbons (Fsp3) is 0.286. The monoisotopic (exact) mass is 1020 g/mol. The number of nitriles is 2. The SMILES string of the molecule is COc1cc2[nH]nc(-c3ccc(N4CC[C@H]4CC#N)nc3)c2cc1O[C@H](C)c1c(Cl)cncc1Cl.COc1cc2[nH]nc(-c3cnc(N4CC[C@@H]4CC#N)nc3)c2cc1O[C@H](C)c1c(Cl)cncc1Cl. The van der Waals surface area contributed by atoms with Gasteiger partial charge in [-0.15, -0.1) is 0 Å². The van der Waals surface area contributed by atoms with Crippen LogP contribution in [0, 0.1) is 22.7 Å². The van der Waals surface area contributed by atoms with Gasteiger partial charge < -0.3 is 28.7 Å². The predicted octanol–water partition coefficient (Wildman–Crippen LogP) is 11.3. The number of pyridine rings is 3. The smallest absolute Gasteiger partial charge is 0.225 e. The van der Waals surface area contributed by atoms with E-state index in [1.807, 2.05) is 55.1 Å². The number of anilines is 2. The van der Waals surface area contributed by atoms with Gasteiger partial charge in [0.2, 0.25) is 5.95 Å². The molecule has 2 aliphatic rings. The largest absolute Gasteiger partial charge is 0.493 e. The van der Waals surface area contributed by atoms with Crippen molar-refractivity contribution in [1.29, 1.82) is 10.5 Å². The number of aromatic amines is 2. The van der Waals surface area contributed by atoms with Gasteiger partial charge in [-0.2, -0.15) is 20.7 Å². The molecule has 21 heteroatoms. The van der Waals surface area contributed by atoms with Crippen LogP contribution in [0.3, 0.4) is 0 Å². The molecule has 0 radical (unpaired) electrons. The average molecular weight is 1020 g/mol. The maximum atomic E-state index is 9.00. The van der Waals surface area contributed by atoms with Gasteiger partial charge in [-0.1, -0.05) is 46.4 Å². The van der Waals surface area contributed by atoms with E-state index in [1.165, 1.54) is 24.8 Å². The zero-order chi connectivity index (χ0) is 49.1. The van der Waals surface area contributed by atoms with Crippen molar-refractivity contribution < 1.29 is 18.9 Å². The van der Waals surface area contributed by atoms with Crippen molar-refractivity contribution in [2.75, 3.05) is 37.1 Å². The minimum absolute atomic E-state index is 0.175. The normalized spacial score (nSPS) is 16.0. The summed E-state index contributed by atoms with van der Waals surface area (Å²) in [6, 6.07) is 16.2. The van der Waals surface area contributed by atoms with Crippen molar-refractivity contribution in [3.05, 3.63) is 111 Å². The highest BCUT2D eigenvalue weighted by atomic mass is 35.5. The molecule has 2 aromatic carbocycles. The molecule has 6 aromatic heterocycles. The Morgan fingerprint density at radius 2 is 1.07 bits per heavy atom. The first-order valence-electron chi connectivity index (χ1n) is 22.1. The summed E-state index contributed by atoms with van der Waals surface area (Å²) in [6.07, 6.45) is 13.5. The molecule has 0 amide bonds. The molecule has 0 bridgehead atoms. The Hall–Kier alpha value is -7.15. The lowest BCUT2D eigenvalue weighted by Crippen LogP contribution is -2.48. The summed E-state index contributed by atoms with van der Waals surface area (Å²) in [6.45, 7) is 5.48. The summed E-state index contributed by atoms with van der Waals surface area (Å²) in [5, 5.41) is 36.5. The number of nitrogens with zero attached hydrogens (tertiary/aromatic N) is 11. The van der Waals surface area contributed by atoms with Crippen LogP contribution in [0.4, 0.5) is 11.8 Å². The van der Waals surface area contributed by atoms with E-state index >= 15 is 0 Å². The lowest BCUT2D eigenvalue weighted by molar-refractivity contribution is 0.216. The van der Waals surface area contributed by atoms with Crippen molar-refractivity contribution in [3.63, 3.8) is 0 Å². The van der Waals surface area contributed by atoms with E-state index in [-0.39, 0.29) is 12.1 Å². The Morgan fingerprint density at radius 3 is 1.49 bits per heavy atom. The van der Waals surface area contributed by atoms with E-state index in [4.69, 9.17) is 75.9 Å². The van der Waals surface area contributed by atoms with Crippen molar-refractivity contribution in [2.45, 2.75) is 63.8 Å². The van der Waals surface area contributed by atoms with Crippen LogP contribution in [0.15, 0.2) is 79.8 Å². The zero-order valence-corrected chi connectivity index (χ0v) is 41.1. The molecule has 4 atom stereocenters. The van der Waals surface area contributed by atoms with Crippen molar-refractivity contribution in [2.24, 2.45) is 0 Å². The molecule has 8 heterocycles. The molecule has 10 rings (SSSR count). The Balaban J connectivity index is 0.000000174. The molecule has 2 saturated heterocycles. The fourth-order valence-corrected chi connectivity index (χ4v) is 9.82. The van der Waals surface area contributed by atoms with Crippen molar-refractivity contribution >= 4 is 80.0 Å². The summed E-state index contributed by atoms with van der Waals surface area (Å²) < 4.78 is 23.6. The first-order chi connectivity index (χ1) is 34.0. The summed E-state index contributed by atoms with van der Waals surface area (Å²) >= 11 is 25.3. The molecular formula is C49H43Cl4N13O4. The molecule has 0 saturated carbocycles. The lowest BCUT2D eigenvalue weighted by atomic mass is 10.0. The minimum atomic E-state index is -0.458. The van der Waals surface area contributed by atoms with Gasteiger partial charge >= 0.3 is 0 Å². The van der Waals surface area contributed by atoms with Gasteiger partial charge in [0.15, 0.2) is 23.0 Å². The Morgan fingerprint density at radius 1 is 0.614 bits per heavy atom. The van der Waals surface area contributed by atoms with Crippen LogP contribution in [-0.2, 0) is 0 Å². The number of fused-ring (bicyclic) bond motifs is 2. The quantitative estimate of drug-likeness (QED) is 0.104. The number of H-pyrrole nitrogens is 2. The van der Waals surface area contributed by atoms with E-state index in [0.717, 1.165) is 70.4 Å². The van der Waals surface area contributed by atoms with Crippen molar-refractivity contribution in [3.8, 4) is 57.7 Å². The second-order valence-corrected chi connectivity index (χ2v) is 18.1. The van der Waals surface area contributed by atoms with Gasteiger partial charge in [-0.05, 0) is 51.0 Å². The number of methoxy groups -OCH3 is 2. The maximum Gasteiger partial charge on any atom is 0.225 e. The second kappa shape index (κ2) is 20.8. The van der Waals surface area contributed by atoms with Gasteiger partial charge in [0.25, 0.3) is 0 Å². The highest BCUT2D eigenvalue weighted by Crippen LogP contribution is 2.42. The third-order valence-electron chi connectivity index (χ3n) is 12.3. The molecule has 8 aromatic rings. The fourth-order valence-electron chi connectivity index (χ4n) is 8.48. The van der Waals surface area contributed by atoms with Crippen LogP contribution in [-0.4, -0.2) is 84.7 Å². The second-order valence-electron chi connectivity index (χ2n) is 16.5. The predicted molar refractivity (Wildman–Crippen MR) is 268 cm³/mol. The van der Waals surface area contributed by atoms with Gasteiger partial charge in [0.1, 0.15) is 29.4 Å². The third kappa shape index (κ3) is 9.58. The van der Waals surface area contributed by atoms with Crippen LogP contribution < -0.4 is 28.7 Å².